The fraction of sp³-hybridized carbons (Fsp3) is 0.125. The van der Waals surface area contributed by atoms with E-state index >= 15 is 0 Å². The third kappa shape index (κ3) is 5.31. The molecule has 0 heterocycles. The standard InChI is InChI=1S/C16H16N2O2S/c19-15-9-5-4-6-13(15)12-17-18-16(20)10-11-21-14-7-2-1-3-8-14/h1-9,12,19H,10-11H2,(H,18,20)/b17-12-. The van der Waals surface area contributed by atoms with Crippen LogP contribution in [0.3, 0.4) is 0 Å². The van der Waals surface area contributed by atoms with Crippen molar-refractivity contribution >= 4 is 23.9 Å². The van der Waals surface area contributed by atoms with E-state index in [1.165, 1.54) is 6.21 Å². The monoisotopic (exact) mass is 300 g/mol. The summed E-state index contributed by atoms with van der Waals surface area (Å²) >= 11 is 1.63. The molecule has 2 N–H and O–H groups in total. The van der Waals surface area contributed by atoms with Crippen molar-refractivity contribution in [2.75, 3.05) is 5.75 Å². The van der Waals surface area contributed by atoms with Crippen LogP contribution in [0.15, 0.2) is 64.6 Å². The topological polar surface area (TPSA) is 61.7 Å². The van der Waals surface area contributed by atoms with Crippen molar-refractivity contribution < 1.29 is 9.90 Å². The minimum Gasteiger partial charge on any atom is -0.507 e. The normalized spacial score (nSPS) is 10.7. The van der Waals surface area contributed by atoms with Crippen molar-refractivity contribution in [3.63, 3.8) is 0 Å². The van der Waals surface area contributed by atoms with E-state index in [0.717, 1.165) is 4.90 Å². The molecule has 0 spiro atoms. The van der Waals surface area contributed by atoms with Crippen molar-refractivity contribution in [3.05, 3.63) is 60.2 Å². The summed E-state index contributed by atoms with van der Waals surface area (Å²) in [5.41, 5.74) is 3.02. The fourth-order valence-electron chi connectivity index (χ4n) is 1.60. The molecule has 0 aromatic heterocycles. The van der Waals surface area contributed by atoms with Crippen molar-refractivity contribution in [1.82, 2.24) is 5.43 Å². The van der Waals surface area contributed by atoms with E-state index in [4.69, 9.17) is 0 Å². The highest BCUT2D eigenvalue weighted by Crippen LogP contribution is 2.17. The fourth-order valence-corrected chi connectivity index (χ4v) is 2.48. The number of aromatic hydroxyl groups is 1. The summed E-state index contributed by atoms with van der Waals surface area (Å²) in [5.74, 6) is 0.683. The Bertz CT molecular complexity index is 615. The number of benzene rings is 2. The molecule has 0 atom stereocenters. The first-order chi connectivity index (χ1) is 10.3. The van der Waals surface area contributed by atoms with Crippen LogP contribution < -0.4 is 5.43 Å². The maximum atomic E-state index is 11.6. The SMILES string of the molecule is O=C(CCSc1ccccc1)N/N=C\c1ccccc1O. The molecule has 0 unspecified atom stereocenters. The molecule has 2 aromatic carbocycles. The molecule has 0 fully saturated rings. The van der Waals surface area contributed by atoms with Crippen LogP contribution in [-0.4, -0.2) is 23.0 Å². The summed E-state index contributed by atoms with van der Waals surface area (Å²) < 4.78 is 0. The molecule has 0 radical (unpaired) electrons. The average molecular weight is 300 g/mol. The lowest BCUT2D eigenvalue weighted by molar-refractivity contribution is -0.120. The van der Waals surface area contributed by atoms with Crippen LogP contribution in [0.2, 0.25) is 0 Å². The molecule has 108 valence electrons. The first kappa shape index (κ1) is 15.1. The maximum absolute atomic E-state index is 11.6. The van der Waals surface area contributed by atoms with E-state index in [-0.39, 0.29) is 11.7 Å². The number of phenols is 1. The van der Waals surface area contributed by atoms with Gasteiger partial charge >= 0.3 is 0 Å². The molecule has 0 aliphatic carbocycles. The van der Waals surface area contributed by atoms with Crippen LogP contribution in [0.5, 0.6) is 5.75 Å². The zero-order valence-electron chi connectivity index (χ0n) is 11.4. The molecule has 0 saturated heterocycles. The molecule has 4 nitrogen and oxygen atoms in total. The number of thioether (sulfide) groups is 1. The van der Waals surface area contributed by atoms with Gasteiger partial charge in [-0.3, -0.25) is 4.79 Å². The van der Waals surface area contributed by atoms with Gasteiger partial charge in [0, 0.05) is 22.6 Å². The minimum absolute atomic E-state index is 0.134. The van der Waals surface area contributed by atoms with Crippen LogP contribution in [0.1, 0.15) is 12.0 Å². The Morgan fingerprint density at radius 2 is 1.86 bits per heavy atom. The lowest BCUT2D eigenvalue weighted by atomic mass is 10.2. The molecular formula is C16H16N2O2S. The number of hydrogen-bond donors (Lipinski definition) is 2. The van der Waals surface area contributed by atoms with E-state index in [9.17, 15) is 9.90 Å². The van der Waals surface area contributed by atoms with Gasteiger partial charge in [0.15, 0.2) is 0 Å². The van der Waals surface area contributed by atoms with E-state index in [0.29, 0.717) is 17.7 Å². The number of hydrogen-bond acceptors (Lipinski definition) is 4. The number of phenolic OH excluding ortho intramolecular Hbond substituents is 1. The second kappa shape index (κ2) is 8.11. The highest BCUT2D eigenvalue weighted by molar-refractivity contribution is 7.99. The zero-order chi connectivity index (χ0) is 14.9. The molecule has 1 amide bonds. The smallest absolute Gasteiger partial charge is 0.240 e. The van der Waals surface area contributed by atoms with Crippen LogP contribution in [0.25, 0.3) is 0 Å². The predicted molar refractivity (Wildman–Crippen MR) is 85.6 cm³/mol. The van der Waals surface area contributed by atoms with Crippen LogP contribution in [0, 0.1) is 0 Å². The number of carbonyl (C=O) groups is 1. The summed E-state index contributed by atoms with van der Waals surface area (Å²) in [6.07, 6.45) is 1.81. The van der Waals surface area contributed by atoms with E-state index < -0.39 is 0 Å². The zero-order valence-corrected chi connectivity index (χ0v) is 12.2. The molecule has 2 aromatic rings. The minimum atomic E-state index is -0.148. The van der Waals surface area contributed by atoms with Gasteiger partial charge in [-0.25, -0.2) is 5.43 Å². The Kier molecular flexibility index (Phi) is 5.84. The van der Waals surface area contributed by atoms with E-state index in [1.807, 2.05) is 30.3 Å². The second-order valence-electron chi connectivity index (χ2n) is 4.26. The lowest BCUT2D eigenvalue weighted by Crippen LogP contribution is -2.17. The van der Waals surface area contributed by atoms with Gasteiger partial charge in [0.25, 0.3) is 0 Å². The van der Waals surface area contributed by atoms with Gasteiger partial charge in [-0.15, -0.1) is 11.8 Å². The molecule has 0 saturated carbocycles. The van der Waals surface area contributed by atoms with Gasteiger partial charge in [0.1, 0.15) is 5.75 Å². The molecule has 2 rings (SSSR count). The summed E-state index contributed by atoms with van der Waals surface area (Å²) in [6, 6.07) is 16.7. The molecule has 21 heavy (non-hydrogen) atoms. The maximum Gasteiger partial charge on any atom is 0.240 e. The van der Waals surface area contributed by atoms with Crippen molar-refractivity contribution in [1.29, 1.82) is 0 Å². The highest BCUT2D eigenvalue weighted by atomic mass is 32.2. The van der Waals surface area contributed by atoms with Gasteiger partial charge in [-0.05, 0) is 24.3 Å². The second-order valence-corrected chi connectivity index (χ2v) is 5.43. The largest absolute Gasteiger partial charge is 0.507 e. The average Bonchev–Trinajstić information content (AvgIpc) is 2.50. The highest BCUT2D eigenvalue weighted by Gasteiger charge is 2.01. The van der Waals surface area contributed by atoms with Gasteiger partial charge in [-0.2, -0.15) is 5.10 Å². The quantitative estimate of drug-likeness (QED) is 0.490. The first-order valence-corrected chi connectivity index (χ1v) is 7.52. The predicted octanol–water partition coefficient (Wildman–Crippen LogP) is 3.02. The molecule has 0 aliphatic heterocycles. The van der Waals surface area contributed by atoms with Gasteiger partial charge in [0.2, 0.25) is 5.91 Å². The number of rotatable bonds is 6. The third-order valence-electron chi connectivity index (χ3n) is 2.67. The van der Waals surface area contributed by atoms with Crippen LogP contribution in [0.4, 0.5) is 0 Å². The van der Waals surface area contributed by atoms with Gasteiger partial charge in [-0.1, -0.05) is 30.3 Å². The van der Waals surface area contributed by atoms with E-state index in [1.54, 1.807) is 36.0 Å². The Morgan fingerprint density at radius 3 is 2.62 bits per heavy atom. The molecular weight excluding hydrogens is 284 g/mol. The third-order valence-corrected chi connectivity index (χ3v) is 3.68. The lowest BCUT2D eigenvalue weighted by Gasteiger charge is -2.01. The summed E-state index contributed by atoms with van der Waals surface area (Å²) in [4.78, 5) is 12.7. The van der Waals surface area contributed by atoms with Crippen molar-refractivity contribution in [2.45, 2.75) is 11.3 Å². The van der Waals surface area contributed by atoms with Crippen LogP contribution >= 0.6 is 11.8 Å². The van der Waals surface area contributed by atoms with E-state index in [2.05, 4.69) is 10.5 Å². The molecule has 0 bridgehead atoms. The van der Waals surface area contributed by atoms with Gasteiger partial charge < -0.3 is 5.11 Å². The number of nitrogens with zero attached hydrogens (tertiary/aromatic N) is 1. The Morgan fingerprint density at radius 1 is 1.14 bits per heavy atom. The Balaban J connectivity index is 1.71. The van der Waals surface area contributed by atoms with Crippen LogP contribution in [-0.2, 0) is 4.79 Å². The summed E-state index contributed by atoms with van der Waals surface area (Å²) in [7, 11) is 0. The summed E-state index contributed by atoms with van der Waals surface area (Å²) in [6.45, 7) is 0. The first-order valence-electron chi connectivity index (χ1n) is 6.53. The summed E-state index contributed by atoms with van der Waals surface area (Å²) in [5, 5.41) is 13.4. The number of carbonyl (C=O) groups excluding carboxylic acids is 1. The number of para-hydroxylation sites is 1. The number of amides is 1. The number of hydrazone groups is 1. The van der Waals surface area contributed by atoms with Gasteiger partial charge in [0.05, 0.1) is 6.21 Å². The van der Waals surface area contributed by atoms with Crippen molar-refractivity contribution in [2.24, 2.45) is 5.10 Å². The number of nitrogens with one attached hydrogen (secondary N) is 1. The van der Waals surface area contributed by atoms with Crippen molar-refractivity contribution in [3.8, 4) is 5.75 Å². The molecule has 5 heteroatoms. The Hall–Kier alpha value is -2.27. The molecule has 0 aliphatic rings. The Labute approximate surface area is 127 Å².